The number of nitrogens with zero attached hydrogens (tertiary/aromatic N) is 6. The highest BCUT2D eigenvalue weighted by molar-refractivity contribution is 5.94. The van der Waals surface area contributed by atoms with Crippen molar-refractivity contribution in [1.29, 1.82) is 0 Å². The lowest BCUT2D eigenvalue weighted by molar-refractivity contribution is 0.0782. The van der Waals surface area contributed by atoms with E-state index in [1.165, 1.54) is 0 Å². The lowest BCUT2D eigenvalue weighted by Gasteiger charge is -2.20. The van der Waals surface area contributed by atoms with E-state index in [-0.39, 0.29) is 5.91 Å². The summed E-state index contributed by atoms with van der Waals surface area (Å²) in [4.78, 5) is 34.5. The van der Waals surface area contributed by atoms with Crippen LogP contribution in [0.25, 0.3) is 11.0 Å². The van der Waals surface area contributed by atoms with Crippen LogP contribution in [-0.4, -0.2) is 68.9 Å². The van der Waals surface area contributed by atoms with E-state index in [4.69, 9.17) is 5.73 Å². The predicted molar refractivity (Wildman–Crippen MR) is 119 cm³/mol. The minimum absolute atomic E-state index is 0.0243. The fraction of sp³-hybridized carbons (Fsp3) is 0.348. The van der Waals surface area contributed by atoms with Gasteiger partial charge in [0.05, 0.1) is 28.7 Å². The van der Waals surface area contributed by atoms with E-state index in [1.807, 2.05) is 32.8 Å². The number of carbonyl (C=O) groups excluding carboxylic acids is 1. The van der Waals surface area contributed by atoms with Gasteiger partial charge in [0.2, 0.25) is 0 Å². The first-order valence-electron chi connectivity index (χ1n) is 10.2. The molecule has 0 spiro atoms. The van der Waals surface area contributed by atoms with Crippen LogP contribution in [0.15, 0.2) is 24.7 Å². The molecule has 0 saturated carbocycles. The zero-order valence-corrected chi connectivity index (χ0v) is 18.2. The van der Waals surface area contributed by atoms with Crippen LogP contribution in [0.1, 0.15) is 39.3 Å². The van der Waals surface area contributed by atoms with Crippen molar-refractivity contribution in [3.05, 3.63) is 52.7 Å². The van der Waals surface area contributed by atoms with Crippen molar-refractivity contribution >= 4 is 22.8 Å². The van der Waals surface area contributed by atoms with Crippen LogP contribution in [0.3, 0.4) is 0 Å². The number of nitrogens with two attached hydrogens (primary N) is 1. The Balaban J connectivity index is 1.64. The van der Waals surface area contributed by atoms with Crippen molar-refractivity contribution in [2.45, 2.75) is 26.3 Å². The second-order valence-electron chi connectivity index (χ2n) is 8.02. The van der Waals surface area contributed by atoms with Crippen LogP contribution in [0.5, 0.6) is 0 Å². The quantitative estimate of drug-likeness (QED) is 0.637. The normalized spacial score (nSPS) is 15.9. The van der Waals surface area contributed by atoms with Gasteiger partial charge in [0, 0.05) is 37.1 Å². The summed E-state index contributed by atoms with van der Waals surface area (Å²) in [5.74, 6) is 6.40. The summed E-state index contributed by atoms with van der Waals surface area (Å²) in [6.45, 7) is 5.26. The largest absolute Gasteiger partial charge is 0.383 e. The summed E-state index contributed by atoms with van der Waals surface area (Å²) in [7, 11) is 4.08. The topological polar surface area (TPSA) is 101 Å². The fourth-order valence-corrected chi connectivity index (χ4v) is 3.62. The molecule has 8 heteroatoms. The van der Waals surface area contributed by atoms with Gasteiger partial charge in [-0.3, -0.25) is 9.78 Å². The third-order valence-electron chi connectivity index (χ3n) is 5.65. The maximum atomic E-state index is 12.9. The molecule has 2 N–H and O–H groups in total. The maximum Gasteiger partial charge on any atom is 0.255 e. The van der Waals surface area contributed by atoms with Gasteiger partial charge in [0.1, 0.15) is 16.9 Å². The van der Waals surface area contributed by atoms with E-state index in [1.54, 1.807) is 24.7 Å². The molecule has 0 aliphatic carbocycles. The van der Waals surface area contributed by atoms with Gasteiger partial charge in [-0.25, -0.2) is 15.0 Å². The van der Waals surface area contributed by atoms with Crippen molar-refractivity contribution in [2.24, 2.45) is 0 Å². The Hall–Kier alpha value is -3.57. The first kappa shape index (κ1) is 20.7. The second-order valence-corrected chi connectivity index (χ2v) is 8.02. The minimum atomic E-state index is -0.0243. The molecule has 1 fully saturated rings. The van der Waals surface area contributed by atoms with Gasteiger partial charge in [-0.05, 0) is 40.4 Å². The number of amides is 1. The molecular weight excluding hydrogens is 390 g/mol. The number of hydrogen-bond donors (Lipinski definition) is 1. The standard InChI is InChI=1S/C23H25N7O/c1-14-15(2)28-21-19(22(24)26-12-20(21)27-14)6-5-16-9-17(11-25-10-16)23(31)30-8-7-18(13-30)29(3)4/h9-12,18H,7-8,13H2,1-4H3,(H2,24,26)/t18-/m1/s1. The smallest absolute Gasteiger partial charge is 0.255 e. The van der Waals surface area contributed by atoms with Crippen molar-refractivity contribution in [1.82, 2.24) is 29.7 Å². The third-order valence-corrected chi connectivity index (χ3v) is 5.65. The first-order chi connectivity index (χ1) is 14.8. The maximum absolute atomic E-state index is 12.9. The van der Waals surface area contributed by atoms with E-state index in [0.29, 0.717) is 39.6 Å². The predicted octanol–water partition coefficient (Wildman–Crippen LogP) is 1.79. The molecule has 3 aromatic rings. The highest BCUT2D eigenvalue weighted by Gasteiger charge is 2.28. The number of pyridine rings is 2. The molecular formula is C23H25N7O. The molecule has 8 nitrogen and oxygen atoms in total. The van der Waals surface area contributed by atoms with Crippen molar-refractivity contribution in [3.8, 4) is 11.8 Å². The molecule has 1 aliphatic heterocycles. The molecule has 0 bridgehead atoms. The number of aryl methyl sites for hydroxylation is 2. The second kappa shape index (κ2) is 8.28. The van der Waals surface area contributed by atoms with Gasteiger partial charge in [-0.2, -0.15) is 0 Å². The molecule has 1 aliphatic rings. The Morgan fingerprint density at radius 2 is 1.94 bits per heavy atom. The molecule has 0 radical (unpaired) electrons. The summed E-state index contributed by atoms with van der Waals surface area (Å²) < 4.78 is 0. The number of carbonyl (C=O) groups is 1. The molecule has 4 heterocycles. The van der Waals surface area contributed by atoms with E-state index >= 15 is 0 Å². The average Bonchev–Trinajstić information content (AvgIpc) is 3.25. The Kier molecular flexibility index (Phi) is 5.53. The van der Waals surface area contributed by atoms with Gasteiger partial charge in [-0.1, -0.05) is 11.8 Å². The van der Waals surface area contributed by atoms with E-state index < -0.39 is 0 Å². The van der Waals surface area contributed by atoms with Crippen molar-refractivity contribution in [2.75, 3.05) is 32.9 Å². The third kappa shape index (κ3) is 4.18. The molecule has 1 atom stereocenters. The van der Waals surface area contributed by atoms with Gasteiger partial charge >= 0.3 is 0 Å². The molecule has 158 valence electrons. The zero-order chi connectivity index (χ0) is 22.1. The molecule has 1 saturated heterocycles. The number of aromatic nitrogens is 4. The van der Waals surface area contributed by atoms with E-state index in [9.17, 15) is 4.79 Å². The Morgan fingerprint density at radius 3 is 2.68 bits per heavy atom. The molecule has 1 amide bonds. The molecule has 4 rings (SSSR count). The van der Waals surface area contributed by atoms with E-state index in [2.05, 4.69) is 36.7 Å². The van der Waals surface area contributed by atoms with Crippen LogP contribution >= 0.6 is 0 Å². The number of likely N-dealkylation sites (tertiary alicyclic amines) is 1. The van der Waals surface area contributed by atoms with Crippen molar-refractivity contribution in [3.63, 3.8) is 0 Å². The molecule has 0 unspecified atom stereocenters. The molecule has 31 heavy (non-hydrogen) atoms. The number of nitrogen functional groups attached to an aromatic ring is 1. The number of anilines is 1. The summed E-state index contributed by atoms with van der Waals surface area (Å²) >= 11 is 0. The van der Waals surface area contributed by atoms with Crippen LogP contribution in [-0.2, 0) is 0 Å². The monoisotopic (exact) mass is 415 g/mol. The van der Waals surface area contributed by atoms with Crippen molar-refractivity contribution < 1.29 is 4.79 Å². The minimum Gasteiger partial charge on any atom is -0.383 e. The van der Waals surface area contributed by atoms with Crippen LogP contribution in [0, 0.1) is 25.7 Å². The average molecular weight is 416 g/mol. The first-order valence-corrected chi connectivity index (χ1v) is 10.2. The SMILES string of the molecule is Cc1nc2cnc(N)c(C#Cc3cncc(C(=O)N4CC[C@@H](N(C)C)C4)c3)c2nc1C. The highest BCUT2D eigenvalue weighted by Crippen LogP contribution is 2.20. The Morgan fingerprint density at radius 1 is 1.16 bits per heavy atom. The number of rotatable bonds is 2. The Labute approximate surface area is 181 Å². The lowest BCUT2D eigenvalue weighted by atomic mass is 10.1. The number of likely N-dealkylation sites (N-methyl/N-ethyl adjacent to an activating group) is 1. The zero-order valence-electron chi connectivity index (χ0n) is 18.2. The summed E-state index contributed by atoms with van der Waals surface area (Å²) in [5.41, 5.74) is 10.7. The van der Waals surface area contributed by atoms with Gasteiger partial charge in [-0.15, -0.1) is 0 Å². The van der Waals surface area contributed by atoms with Crippen LogP contribution in [0.4, 0.5) is 5.82 Å². The summed E-state index contributed by atoms with van der Waals surface area (Å²) in [5, 5.41) is 0. The summed E-state index contributed by atoms with van der Waals surface area (Å²) in [6, 6.07) is 2.15. The van der Waals surface area contributed by atoms with Gasteiger partial charge in [0.25, 0.3) is 5.91 Å². The molecule has 3 aromatic heterocycles. The fourth-order valence-electron chi connectivity index (χ4n) is 3.62. The van der Waals surface area contributed by atoms with E-state index in [0.717, 1.165) is 30.9 Å². The van der Waals surface area contributed by atoms with Gasteiger partial charge in [0.15, 0.2) is 0 Å². The highest BCUT2D eigenvalue weighted by atomic mass is 16.2. The Bertz CT molecular complexity index is 1230. The lowest BCUT2D eigenvalue weighted by Crippen LogP contribution is -2.34. The molecule has 0 aromatic carbocycles. The number of fused-ring (bicyclic) bond motifs is 1. The number of hydrogen-bond acceptors (Lipinski definition) is 7. The van der Waals surface area contributed by atoms with Crippen LogP contribution in [0.2, 0.25) is 0 Å². The van der Waals surface area contributed by atoms with Crippen LogP contribution < -0.4 is 5.73 Å². The summed E-state index contributed by atoms with van der Waals surface area (Å²) in [6.07, 6.45) is 5.79. The van der Waals surface area contributed by atoms with Gasteiger partial charge < -0.3 is 15.5 Å².